The molecule has 2 aliphatic heterocycles. The molecule has 3 aliphatic rings. The Labute approximate surface area is 188 Å². The Morgan fingerprint density at radius 1 is 1.03 bits per heavy atom. The molecule has 4 rings (SSSR count). The van der Waals surface area contributed by atoms with Crippen molar-refractivity contribution in [2.45, 2.75) is 65.8 Å². The molecular formula is C26H41N2O3-. The van der Waals surface area contributed by atoms with Crippen molar-refractivity contribution in [3.8, 4) is 5.75 Å². The fourth-order valence-electron chi connectivity index (χ4n) is 6.27. The third-order valence-corrected chi connectivity index (χ3v) is 7.75. The quantitative estimate of drug-likeness (QED) is 0.772. The van der Waals surface area contributed by atoms with Gasteiger partial charge in [0.25, 0.3) is 0 Å². The lowest BCUT2D eigenvalue weighted by Gasteiger charge is -2.61. The van der Waals surface area contributed by atoms with Crippen LogP contribution in [0.3, 0.4) is 0 Å². The molecule has 1 aromatic carbocycles. The van der Waals surface area contributed by atoms with Gasteiger partial charge in [-0.3, -0.25) is 0 Å². The summed E-state index contributed by atoms with van der Waals surface area (Å²) in [4.78, 5) is 15.8. The second-order valence-electron chi connectivity index (χ2n) is 10.6. The van der Waals surface area contributed by atoms with E-state index < -0.39 is 11.7 Å². The van der Waals surface area contributed by atoms with Gasteiger partial charge in [-0.2, -0.15) is 0 Å². The van der Waals surface area contributed by atoms with Gasteiger partial charge in [-0.25, -0.2) is 4.79 Å². The molecule has 1 spiro atoms. The van der Waals surface area contributed by atoms with Gasteiger partial charge < -0.3 is 20.0 Å². The van der Waals surface area contributed by atoms with Gasteiger partial charge in [-0.1, -0.05) is 57.1 Å². The highest BCUT2D eigenvalue weighted by Gasteiger charge is 2.53. The molecule has 1 saturated carbocycles. The van der Waals surface area contributed by atoms with Crippen LogP contribution in [0.15, 0.2) is 24.3 Å². The molecule has 0 radical (unpaired) electrons. The van der Waals surface area contributed by atoms with E-state index in [0.717, 1.165) is 29.2 Å². The molecule has 174 valence electrons. The van der Waals surface area contributed by atoms with Crippen LogP contribution in [0.25, 0.3) is 0 Å². The number of hydrogen-bond acceptors (Lipinski definition) is 4. The van der Waals surface area contributed by atoms with Gasteiger partial charge in [0.1, 0.15) is 0 Å². The van der Waals surface area contributed by atoms with Crippen molar-refractivity contribution in [3.05, 3.63) is 29.8 Å². The molecule has 0 amide bonds. The number of carboxylic acid groups (broad SMARTS) is 1. The van der Waals surface area contributed by atoms with Crippen LogP contribution in [0.1, 0.15) is 70.2 Å². The van der Waals surface area contributed by atoms with Crippen molar-refractivity contribution in [1.29, 1.82) is 0 Å². The highest BCUT2D eigenvalue weighted by molar-refractivity contribution is 5.90. The van der Waals surface area contributed by atoms with Crippen molar-refractivity contribution >= 4 is 5.97 Å². The van der Waals surface area contributed by atoms with Gasteiger partial charge in [0, 0.05) is 38.8 Å². The standard InChI is InChI=1S/C19H36N2.C7H6O3/c1-15(2)10-20-11-17-13-21(16(3)4)14-18(12-20)19(17)8-6-5-7-9-19;8-6-4-2-1-3-5(6)7(9)10/h15-18H,5-14H2,1-4H3;1-4,8H,(H,9,10)/p-1/t17-,18+;. The number of benzene rings is 1. The number of piperidine rings is 2. The van der Waals surface area contributed by atoms with Crippen molar-refractivity contribution in [3.63, 3.8) is 0 Å². The lowest BCUT2D eigenvalue weighted by atomic mass is 9.55. The first-order valence-electron chi connectivity index (χ1n) is 12.2. The zero-order valence-electron chi connectivity index (χ0n) is 19.8. The molecule has 2 atom stereocenters. The average molecular weight is 430 g/mol. The third-order valence-electron chi connectivity index (χ3n) is 7.75. The molecule has 5 nitrogen and oxygen atoms in total. The Balaban J connectivity index is 0.000000229. The van der Waals surface area contributed by atoms with Gasteiger partial charge in [0.2, 0.25) is 0 Å². The Morgan fingerprint density at radius 3 is 2.06 bits per heavy atom. The summed E-state index contributed by atoms with van der Waals surface area (Å²) in [5.41, 5.74) is 0.541. The molecule has 0 unspecified atom stereocenters. The van der Waals surface area contributed by atoms with Crippen LogP contribution in [0.2, 0.25) is 0 Å². The minimum atomic E-state index is -1.18. The molecule has 1 N–H and O–H groups in total. The van der Waals surface area contributed by atoms with Crippen LogP contribution in [-0.2, 0) is 0 Å². The maximum atomic E-state index is 10.7. The van der Waals surface area contributed by atoms with E-state index in [2.05, 4.69) is 37.5 Å². The summed E-state index contributed by atoms with van der Waals surface area (Å²) in [7, 11) is 0. The Bertz CT molecular complexity index is 709. The Hall–Kier alpha value is -1.59. The zero-order chi connectivity index (χ0) is 22.6. The number of para-hydroxylation sites is 1. The third kappa shape index (κ3) is 5.61. The Kier molecular flexibility index (Phi) is 8.03. The monoisotopic (exact) mass is 429 g/mol. The molecule has 3 fully saturated rings. The average Bonchev–Trinajstić information content (AvgIpc) is 2.69. The molecule has 2 saturated heterocycles. The summed E-state index contributed by atoms with van der Waals surface area (Å²) in [5.74, 6) is 1.06. The summed E-state index contributed by atoms with van der Waals surface area (Å²) in [5, 5.41) is 19.0. The molecule has 1 aromatic rings. The number of rotatable bonds is 4. The maximum absolute atomic E-state index is 10.7. The molecule has 1 aliphatic carbocycles. The highest BCUT2D eigenvalue weighted by Crippen LogP contribution is 2.54. The van der Waals surface area contributed by atoms with E-state index in [1.165, 1.54) is 89.1 Å². The van der Waals surface area contributed by atoms with Crippen molar-refractivity contribution in [2.75, 3.05) is 32.7 Å². The summed E-state index contributed by atoms with van der Waals surface area (Å²) in [6, 6.07) is 6.26. The zero-order valence-corrected chi connectivity index (χ0v) is 19.8. The van der Waals surface area contributed by atoms with E-state index in [0.29, 0.717) is 0 Å². The molecule has 2 bridgehead atoms. The number of carboxylic acids is 1. The largest absolute Gasteiger partial charge is 0.872 e. The lowest BCUT2D eigenvalue weighted by molar-refractivity contribution is -0.268. The lowest BCUT2D eigenvalue weighted by Crippen LogP contribution is -2.64. The SMILES string of the molecule is CC(C)CN1C[C@@H]2CN(C(C)C)C[C@H](C1)C21CCCCC1.O=C(O)c1ccccc1[O-]. The number of nitrogens with zero attached hydrogens (tertiary/aromatic N) is 2. The minimum absolute atomic E-state index is 0.178. The fourth-order valence-corrected chi connectivity index (χ4v) is 6.27. The van der Waals surface area contributed by atoms with Crippen LogP contribution in [-0.4, -0.2) is 59.6 Å². The second kappa shape index (κ2) is 10.4. The van der Waals surface area contributed by atoms with E-state index in [9.17, 15) is 9.90 Å². The number of hydrogen-bond donors (Lipinski definition) is 1. The predicted octanol–water partition coefficient (Wildman–Crippen LogP) is 4.32. The topological polar surface area (TPSA) is 66.8 Å². The second-order valence-corrected chi connectivity index (χ2v) is 10.6. The predicted molar refractivity (Wildman–Crippen MR) is 123 cm³/mol. The fraction of sp³-hybridized carbons (Fsp3) is 0.731. The number of carbonyl (C=O) groups is 1. The van der Waals surface area contributed by atoms with E-state index in [1.54, 1.807) is 0 Å². The highest BCUT2D eigenvalue weighted by atomic mass is 16.4. The van der Waals surface area contributed by atoms with Crippen LogP contribution in [0, 0.1) is 23.2 Å². The maximum Gasteiger partial charge on any atom is 0.335 e. The van der Waals surface area contributed by atoms with Crippen LogP contribution < -0.4 is 5.11 Å². The van der Waals surface area contributed by atoms with Crippen LogP contribution in [0.5, 0.6) is 5.75 Å². The van der Waals surface area contributed by atoms with Gasteiger partial charge in [-0.05, 0) is 55.9 Å². The first-order valence-corrected chi connectivity index (χ1v) is 12.2. The summed E-state index contributed by atoms with van der Waals surface area (Å²) in [6.07, 6.45) is 7.55. The molecular weight excluding hydrogens is 388 g/mol. The van der Waals surface area contributed by atoms with E-state index >= 15 is 0 Å². The molecule has 2 heterocycles. The summed E-state index contributed by atoms with van der Waals surface area (Å²) >= 11 is 0. The normalized spacial score (nSPS) is 26.0. The van der Waals surface area contributed by atoms with Gasteiger partial charge in [0.05, 0.1) is 5.56 Å². The first kappa shape index (κ1) is 24.1. The molecule has 31 heavy (non-hydrogen) atoms. The number of likely N-dealkylation sites (tertiary alicyclic amines) is 2. The van der Waals surface area contributed by atoms with Crippen molar-refractivity contribution < 1.29 is 15.0 Å². The van der Waals surface area contributed by atoms with E-state index in [4.69, 9.17) is 5.11 Å². The van der Waals surface area contributed by atoms with Gasteiger partial charge >= 0.3 is 5.97 Å². The van der Waals surface area contributed by atoms with Crippen molar-refractivity contribution in [1.82, 2.24) is 9.80 Å². The number of aromatic carboxylic acids is 1. The Morgan fingerprint density at radius 2 is 1.61 bits per heavy atom. The summed E-state index contributed by atoms with van der Waals surface area (Å²) < 4.78 is 0. The van der Waals surface area contributed by atoms with Crippen LogP contribution >= 0.6 is 0 Å². The molecule has 5 heteroatoms. The minimum Gasteiger partial charge on any atom is -0.872 e. The van der Waals surface area contributed by atoms with E-state index in [-0.39, 0.29) is 5.56 Å². The van der Waals surface area contributed by atoms with E-state index in [1.807, 2.05) is 0 Å². The van der Waals surface area contributed by atoms with Gasteiger partial charge in [-0.15, -0.1) is 0 Å². The smallest absolute Gasteiger partial charge is 0.335 e. The van der Waals surface area contributed by atoms with Crippen molar-refractivity contribution in [2.24, 2.45) is 23.2 Å². The summed E-state index contributed by atoms with van der Waals surface area (Å²) in [6.45, 7) is 16.3. The first-order chi connectivity index (χ1) is 14.7. The molecule has 0 aromatic heterocycles. The van der Waals surface area contributed by atoms with Gasteiger partial charge in [0.15, 0.2) is 0 Å². The van der Waals surface area contributed by atoms with Crippen LogP contribution in [0.4, 0.5) is 0 Å².